The number of nitrogens with one attached hydrogen (secondary N) is 1. The summed E-state index contributed by atoms with van der Waals surface area (Å²) < 4.78 is 16.7. The van der Waals surface area contributed by atoms with Crippen LogP contribution in [0.5, 0.6) is 17.2 Å². The van der Waals surface area contributed by atoms with Crippen molar-refractivity contribution in [2.75, 3.05) is 25.1 Å². The minimum atomic E-state index is -0.326. The minimum Gasteiger partial charge on any atom is -0.486 e. The number of nitrogens with zero attached hydrogens (tertiary/aromatic N) is 1. The molecule has 5 rings (SSSR count). The molecule has 0 saturated carbocycles. The summed E-state index contributed by atoms with van der Waals surface area (Å²) in [7, 11) is 0. The number of thiazole rings is 1. The van der Waals surface area contributed by atoms with Gasteiger partial charge in [-0.1, -0.05) is 30.3 Å². The number of fused-ring (bicyclic) bond motifs is 1. The van der Waals surface area contributed by atoms with Gasteiger partial charge in [0.2, 0.25) is 0 Å². The largest absolute Gasteiger partial charge is 0.486 e. The normalized spacial score (nSPS) is 12.1. The van der Waals surface area contributed by atoms with Crippen molar-refractivity contribution in [3.63, 3.8) is 0 Å². The van der Waals surface area contributed by atoms with Crippen molar-refractivity contribution in [1.82, 2.24) is 4.98 Å². The molecule has 1 N–H and O–H groups in total. The number of aromatic nitrogens is 1. The van der Waals surface area contributed by atoms with E-state index in [1.54, 1.807) is 36.4 Å². The number of carbonyl (C=O) groups excluding carboxylic acids is 2. The molecule has 2 heterocycles. The molecule has 1 amide bonds. The average Bonchev–Trinajstić information content (AvgIpc) is 3.36. The van der Waals surface area contributed by atoms with Gasteiger partial charge in [-0.2, -0.15) is 0 Å². The zero-order valence-electron chi connectivity index (χ0n) is 18.0. The second-order valence-corrected chi connectivity index (χ2v) is 8.31. The Morgan fingerprint density at radius 1 is 0.912 bits per heavy atom. The van der Waals surface area contributed by atoms with Crippen LogP contribution >= 0.6 is 11.3 Å². The first-order valence-corrected chi connectivity index (χ1v) is 11.5. The molecule has 3 aromatic carbocycles. The van der Waals surface area contributed by atoms with Crippen molar-refractivity contribution in [3.05, 3.63) is 89.3 Å². The van der Waals surface area contributed by atoms with Gasteiger partial charge in [0.15, 0.2) is 29.0 Å². The van der Waals surface area contributed by atoms with E-state index in [1.165, 1.54) is 11.3 Å². The summed E-state index contributed by atoms with van der Waals surface area (Å²) in [6, 6.07) is 21.4. The van der Waals surface area contributed by atoms with Gasteiger partial charge in [0.25, 0.3) is 5.91 Å². The third-order valence-corrected chi connectivity index (χ3v) is 5.87. The molecule has 1 aromatic heterocycles. The van der Waals surface area contributed by atoms with Crippen molar-refractivity contribution >= 4 is 28.2 Å². The van der Waals surface area contributed by atoms with Crippen LogP contribution in [-0.4, -0.2) is 36.5 Å². The molecule has 0 radical (unpaired) electrons. The van der Waals surface area contributed by atoms with E-state index in [9.17, 15) is 9.59 Å². The lowest BCUT2D eigenvalue weighted by molar-refractivity contribution is -0.118. The molecular formula is C26H20N2O5S. The summed E-state index contributed by atoms with van der Waals surface area (Å²) in [5, 5.41) is 5.09. The number of ether oxygens (including phenoxy) is 3. The first-order valence-electron chi connectivity index (χ1n) is 10.6. The summed E-state index contributed by atoms with van der Waals surface area (Å²) in [5.74, 6) is 1.51. The van der Waals surface area contributed by atoms with Gasteiger partial charge in [-0.3, -0.25) is 14.9 Å². The van der Waals surface area contributed by atoms with Crippen LogP contribution in [0.4, 0.5) is 5.13 Å². The molecule has 170 valence electrons. The Bertz CT molecular complexity index is 1320. The number of rotatable bonds is 7. The highest BCUT2D eigenvalue weighted by Crippen LogP contribution is 2.35. The summed E-state index contributed by atoms with van der Waals surface area (Å²) >= 11 is 1.33. The fraction of sp³-hybridized carbons (Fsp3) is 0.115. The lowest BCUT2D eigenvalue weighted by atomic mass is 10.0. The summed E-state index contributed by atoms with van der Waals surface area (Å²) in [6.07, 6.45) is 0. The second kappa shape index (κ2) is 9.76. The predicted molar refractivity (Wildman–Crippen MR) is 129 cm³/mol. The third kappa shape index (κ3) is 4.92. The Morgan fingerprint density at radius 3 is 2.44 bits per heavy atom. The molecule has 4 aromatic rings. The number of benzene rings is 3. The van der Waals surface area contributed by atoms with Crippen LogP contribution in [0.15, 0.2) is 78.2 Å². The molecule has 0 aliphatic carbocycles. The average molecular weight is 473 g/mol. The Kier molecular flexibility index (Phi) is 6.22. The van der Waals surface area contributed by atoms with Crippen LogP contribution in [0.1, 0.15) is 15.9 Å². The van der Waals surface area contributed by atoms with E-state index < -0.39 is 0 Å². The van der Waals surface area contributed by atoms with Gasteiger partial charge < -0.3 is 14.2 Å². The minimum absolute atomic E-state index is 0.0671. The highest BCUT2D eigenvalue weighted by Gasteiger charge is 2.15. The molecule has 1 aliphatic heterocycles. The van der Waals surface area contributed by atoms with E-state index >= 15 is 0 Å². The Balaban J connectivity index is 1.16. The molecule has 7 nitrogen and oxygen atoms in total. The van der Waals surface area contributed by atoms with Crippen molar-refractivity contribution < 1.29 is 23.8 Å². The molecule has 0 unspecified atom stereocenters. The molecule has 0 bridgehead atoms. The number of hydrogen-bond acceptors (Lipinski definition) is 7. The van der Waals surface area contributed by atoms with E-state index in [0.717, 1.165) is 11.3 Å². The molecule has 8 heteroatoms. The maximum atomic E-state index is 12.5. The van der Waals surface area contributed by atoms with Crippen LogP contribution in [0.25, 0.3) is 11.3 Å². The number of hydrogen-bond donors (Lipinski definition) is 1. The zero-order chi connectivity index (χ0) is 23.3. The van der Waals surface area contributed by atoms with E-state index in [1.807, 2.05) is 41.8 Å². The number of amides is 1. The fourth-order valence-corrected chi connectivity index (χ4v) is 4.17. The number of carbonyl (C=O) groups is 2. The summed E-state index contributed by atoms with van der Waals surface area (Å²) in [5.41, 5.74) is 2.78. The Morgan fingerprint density at radius 2 is 1.65 bits per heavy atom. The summed E-state index contributed by atoms with van der Waals surface area (Å²) in [4.78, 5) is 29.3. The molecule has 0 spiro atoms. The van der Waals surface area contributed by atoms with Crippen molar-refractivity contribution in [2.24, 2.45) is 0 Å². The standard InChI is InChI=1S/C26H20N2O5S/c29-24(15-33-20-9-6-18(7-10-20)25(30)17-4-2-1-3-5-17)28-26-27-21(16-34-26)19-8-11-22-23(14-19)32-13-12-31-22/h1-11,14,16H,12-13,15H2,(H,27,28,29). The van der Waals surface area contributed by atoms with E-state index in [4.69, 9.17) is 14.2 Å². The molecule has 0 saturated heterocycles. The quantitative estimate of drug-likeness (QED) is 0.388. The van der Waals surface area contributed by atoms with E-state index in [2.05, 4.69) is 10.3 Å². The molecule has 0 atom stereocenters. The summed E-state index contributed by atoms with van der Waals surface area (Å²) in [6.45, 7) is 0.878. The smallest absolute Gasteiger partial charge is 0.264 e. The van der Waals surface area contributed by atoms with Gasteiger partial charge in [-0.25, -0.2) is 4.98 Å². The van der Waals surface area contributed by atoms with Gasteiger partial charge in [-0.05, 0) is 42.5 Å². The van der Waals surface area contributed by atoms with Crippen molar-refractivity contribution in [2.45, 2.75) is 0 Å². The van der Waals surface area contributed by atoms with Gasteiger partial charge in [0.1, 0.15) is 19.0 Å². The molecule has 34 heavy (non-hydrogen) atoms. The van der Waals surface area contributed by atoms with Crippen molar-refractivity contribution in [3.8, 4) is 28.5 Å². The maximum Gasteiger partial charge on any atom is 0.264 e. The third-order valence-electron chi connectivity index (χ3n) is 5.11. The first-order chi connectivity index (χ1) is 16.7. The van der Waals surface area contributed by atoms with Crippen molar-refractivity contribution in [1.29, 1.82) is 0 Å². The van der Waals surface area contributed by atoms with Crippen LogP contribution in [-0.2, 0) is 4.79 Å². The monoisotopic (exact) mass is 472 g/mol. The number of ketones is 1. The highest BCUT2D eigenvalue weighted by molar-refractivity contribution is 7.14. The molecular weight excluding hydrogens is 452 g/mol. The van der Waals surface area contributed by atoms with Crippen LogP contribution in [0.2, 0.25) is 0 Å². The SMILES string of the molecule is O=C(COc1ccc(C(=O)c2ccccc2)cc1)Nc1nc(-c2ccc3c(c2)OCCO3)cs1. The van der Waals surface area contributed by atoms with Crippen LogP contribution in [0, 0.1) is 0 Å². The number of anilines is 1. The van der Waals surface area contributed by atoms with Crippen LogP contribution in [0.3, 0.4) is 0 Å². The Hall–Kier alpha value is -4.17. The maximum absolute atomic E-state index is 12.5. The zero-order valence-corrected chi connectivity index (χ0v) is 18.8. The van der Waals surface area contributed by atoms with Crippen LogP contribution < -0.4 is 19.5 Å². The highest BCUT2D eigenvalue weighted by atomic mass is 32.1. The second-order valence-electron chi connectivity index (χ2n) is 7.45. The van der Waals surface area contributed by atoms with E-state index in [-0.39, 0.29) is 18.3 Å². The first kappa shape index (κ1) is 21.7. The lowest BCUT2D eigenvalue weighted by Crippen LogP contribution is -2.20. The van der Waals surface area contributed by atoms with Gasteiger partial charge in [0, 0.05) is 22.1 Å². The Labute approximate surface area is 199 Å². The lowest BCUT2D eigenvalue weighted by Gasteiger charge is -2.18. The fourth-order valence-electron chi connectivity index (χ4n) is 3.43. The molecule has 0 fully saturated rings. The predicted octanol–water partition coefficient (Wildman–Crippen LogP) is 4.83. The van der Waals surface area contributed by atoms with E-state index in [0.29, 0.717) is 46.7 Å². The molecule has 1 aliphatic rings. The van der Waals surface area contributed by atoms with Gasteiger partial charge in [-0.15, -0.1) is 11.3 Å². The topological polar surface area (TPSA) is 86.8 Å². The van der Waals surface area contributed by atoms with Gasteiger partial charge >= 0.3 is 0 Å². The van der Waals surface area contributed by atoms with Gasteiger partial charge in [0.05, 0.1) is 5.69 Å².